The number of aryl methyl sites for hydroxylation is 1. The zero-order valence-corrected chi connectivity index (χ0v) is 7.67. The number of hydrogen-bond acceptors (Lipinski definition) is 2. The molecule has 1 aromatic rings. The highest BCUT2D eigenvalue weighted by molar-refractivity contribution is 5.24. The van der Waals surface area contributed by atoms with Crippen LogP contribution in [0.3, 0.4) is 0 Å². The lowest BCUT2D eigenvalue weighted by Crippen LogP contribution is -2.18. The second-order valence-electron chi connectivity index (χ2n) is 3.38. The van der Waals surface area contributed by atoms with E-state index in [2.05, 4.69) is 4.98 Å². The number of rotatable bonds is 1. The summed E-state index contributed by atoms with van der Waals surface area (Å²) in [5.41, 5.74) is 2.15. The van der Waals surface area contributed by atoms with E-state index in [0.717, 1.165) is 25.0 Å². The van der Waals surface area contributed by atoms with E-state index >= 15 is 0 Å². The Kier molecular flexibility index (Phi) is 2.19. The minimum Gasteiger partial charge on any atom is -0.375 e. The third kappa shape index (κ3) is 1.52. The summed E-state index contributed by atoms with van der Waals surface area (Å²) in [6.45, 7) is 0. The largest absolute Gasteiger partial charge is 0.375 e. The Morgan fingerprint density at radius 1 is 1.54 bits per heavy atom. The van der Waals surface area contributed by atoms with Gasteiger partial charge >= 0.3 is 0 Å². The van der Waals surface area contributed by atoms with Gasteiger partial charge in [-0.05, 0) is 24.8 Å². The van der Waals surface area contributed by atoms with Crippen molar-refractivity contribution in [2.45, 2.75) is 25.4 Å². The molecule has 3 nitrogen and oxygen atoms in total. The molecule has 1 atom stereocenters. The maximum absolute atomic E-state index is 11.1. The monoisotopic (exact) mass is 179 g/mol. The fraction of sp³-hybridized carbons (Fsp3) is 0.500. The lowest BCUT2D eigenvalue weighted by Gasteiger charge is -2.23. The normalized spacial score (nSPS) is 21.2. The molecule has 1 heterocycles. The number of nitrogens with one attached hydrogen (secondary N) is 1. The summed E-state index contributed by atoms with van der Waals surface area (Å²) < 4.78 is 5.30. The van der Waals surface area contributed by atoms with Gasteiger partial charge < -0.3 is 9.72 Å². The van der Waals surface area contributed by atoms with Crippen LogP contribution in [0.5, 0.6) is 0 Å². The molecule has 0 radical (unpaired) electrons. The maximum Gasteiger partial charge on any atom is 0.248 e. The van der Waals surface area contributed by atoms with Crippen molar-refractivity contribution in [1.29, 1.82) is 0 Å². The van der Waals surface area contributed by atoms with Gasteiger partial charge in [-0.3, -0.25) is 4.79 Å². The van der Waals surface area contributed by atoms with Crippen molar-refractivity contribution < 1.29 is 4.74 Å². The van der Waals surface area contributed by atoms with Crippen LogP contribution in [0.1, 0.15) is 30.2 Å². The first kappa shape index (κ1) is 8.51. The molecule has 2 rings (SSSR count). The Morgan fingerprint density at radius 2 is 2.38 bits per heavy atom. The molecular formula is C10H13NO2. The highest BCUT2D eigenvalue weighted by atomic mass is 16.5. The first-order valence-corrected chi connectivity index (χ1v) is 4.56. The van der Waals surface area contributed by atoms with Crippen LogP contribution in [0, 0.1) is 0 Å². The highest BCUT2D eigenvalue weighted by Gasteiger charge is 2.19. The van der Waals surface area contributed by atoms with Crippen molar-refractivity contribution in [3.05, 3.63) is 33.7 Å². The second-order valence-corrected chi connectivity index (χ2v) is 3.38. The summed E-state index contributed by atoms with van der Waals surface area (Å²) in [6.07, 6.45) is 3.27. The summed E-state index contributed by atoms with van der Waals surface area (Å²) in [5, 5.41) is 0. The van der Waals surface area contributed by atoms with E-state index in [4.69, 9.17) is 4.74 Å². The van der Waals surface area contributed by atoms with Crippen molar-refractivity contribution in [3.8, 4) is 0 Å². The average Bonchev–Trinajstić information content (AvgIpc) is 2.17. The van der Waals surface area contributed by atoms with Gasteiger partial charge in [0, 0.05) is 13.2 Å². The maximum atomic E-state index is 11.1. The van der Waals surface area contributed by atoms with Gasteiger partial charge in [0.05, 0.1) is 11.8 Å². The fourth-order valence-electron chi connectivity index (χ4n) is 1.88. The minimum absolute atomic E-state index is 0.0392. The molecule has 0 spiro atoms. The summed E-state index contributed by atoms with van der Waals surface area (Å²) in [4.78, 5) is 13.9. The molecule has 0 amide bonds. The number of fused-ring (bicyclic) bond motifs is 1. The Hall–Kier alpha value is -1.09. The Morgan fingerprint density at radius 3 is 3.15 bits per heavy atom. The van der Waals surface area contributed by atoms with Crippen molar-refractivity contribution in [2.24, 2.45) is 0 Å². The van der Waals surface area contributed by atoms with Crippen LogP contribution >= 0.6 is 0 Å². The predicted molar refractivity (Wildman–Crippen MR) is 49.8 cm³/mol. The van der Waals surface area contributed by atoms with Crippen LogP contribution in [0.2, 0.25) is 0 Å². The van der Waals surface area contributed by atoms with E-state index in [1.54, 1.807) is 13.2 Å². The van der Waals surface area contributed by atoms with Crippen LogP contribution in [-0.4, -0.2) is 12.1 Å². The van der Waals surface area contributed by atoms with Crippen molar-refractivity contribution in [3.63, 3.8) is 0 Å². The van der Waals surface area contributed by atoms with E-state index < -0.39 is 0 Å². The highest BCUT2D eigenvalue weighted by Crippen LogP contribution is 2.28. The number of pyridine rings is 1. The zero-order chi connectivity index (χ0) is 9.26. The van der Waals surface area contributed by atoms with Gasteiger partial charge in [0.2, 0.25) is 5.56 Å². The van der Waals surface area contributed by atoms with Crippen molar-refractivity contribution in [1.82, 2.24) is 4.98 Å². The molecular weight excluding hydrogens is 166 g/mol. The van der Waals surface area contributed by atoms with E-state index in [1.807, 2.05) is 6.07 Å². The van der Waals surface area contributed by atoms with Gasteiger partial charge in [-0.1, -0.05) is 6.07 Å². The Balaban J connectivity index is 2.47. The average molecular weight is 179 g/mol. The van der Waals surface area contributed by atoms with Gasteiger partial charge in [0.1, 0.15) is 0 Å². The number of methoxy groups -OCH3 is 1. The topological polar surface area (TPSA) is 42.1 Å². The first-order valence-electron chi connectivity index (χ1n) is 4.56. The molecule has 1 unspecified atom stereocenters. The molecule has 0 aromatic carbocycles. The molecule has 0 saturated carbocycles. The molecule has 0 fully saturated rings. The van der Waals surface area contributed by atoms with Crippen LogP contribution in [0.15, 0.2) is 16.9 Å². The number of hydrogen-bond donors (Lipinski definition) is 1. The molecule has 0 bridgehead atoms. The lowest BCUT2D eigenvalue weighted by atomic mass is 9.94. The van der Waals surface area contributed by atoms with Gasteiger partial charge in [0.25, 0.3) is 0 Å². The molecule has 1 aliphatic carbocycles. The fourth-order valence-corrected chi connectivity index (χ4v) is 1.88. The van der Waals surface area contributed by atoms with Crippen LogP contribution in [0.4, 0.5) is 0 Å². The van der Waals surface area contributed by atoms with Gasteiger partial charge in [-0.2, -0.15) is 0 Å². The molecule has 1 N–H and O–H groups in total. The molecule has 0 saturated heterocycles. The van der Waals surface area contributed by atoms with E-state index in [0.29, 0.717) is 0 Å². The van der Waals surface area contributed by atoms with E-state index in [-0.39, 0.29) is 11.7 Å². The molecule has 1 aliphatic rings. The van der Waals surface area contributed by atoms with Gasteiger partial charge in [0.15, 0.2) is 0 Å². The van der Waals surface area contributed by atoms with Crippen molar-refractivity contribution >= 4 is 0 Å². The Bertz CT molecular complexity index is 356. The number of H-pyrrole nitrogens is 1. The number of ether oxygens (including phenoxy) is 1. The van der Waals surface area contributed by atoms with Crippen LogP contribution in [-0.2, 0) is 11.2 Å². The minimum atomic E-state index is -0.0392. The van der Waals surface area contributed by atoms with Gasteiger partial charge in [-0.15, -0.1) is 0 Å². The van der Waals surface area contributed by atoms with Gasteiger partial charge in [-0.25, -0.2) is 0 Å². The van der Waals surface area contributed by atoms with Crippen molar-refractivity contribution in [2.75, 3.05) is 7.11 Å². The summed E-state index contributed by atoms with van der Waals surface area (Å²) in [5.74, 6) is 0. The molecule has 0 aliphatic heterocycles. The van der Waals surface area contributed by atoms with E-state index in [9.17, 15) is 4.79 Å². The second kappa shape index (κ2) is 3.34. The van der Waals surface area contributed by atoms with Crippen LogP contribution < -0.4 is 5.56 Å². The third-order valence-electron chi connectivity index (χ3n) is 2.56. The smallest absolute Gasteiger partial charge is 0.248 e. The first-order chi connectivity index (χ1) is 6.31. The molecule has 3 heteroatoms. The molecule has 13 heavy (non-hydrogen) atoms. The standard InChI is InChI=1S/C10H13NO2/c1-13-8-4-2-3-7-5-6-9(12)11-10(7)8/h5-6,8H,2-4H2,1H3,(H,11,12). The molecule has 1 aromatic heterocycles. The lowest BCUT2D eigenvalue weighted by molar-refractivity contribution is 0.0841. The zero-order valence-electron chi connectivity index (χ0n) is 7.67. The predicted octanol–water partition coefficient (Wildman–Crippen LogP) is 1.40. The molecule has 70 valence electrons. The van der Waals surface area contributed by atoms with E-state index in [1.165, 1.54) is 5.56 Å². The quantitative estimate of drug-likeness (QED) is 0.708. The van der Waals surface area contributed by atoms with Crippen LogP contribution in [0.25, 0.3) is 0 Å². The third-order valence-corrected chi connectivity index (χ3v) is 2.56. The summed E-state index contributed by atoms with van der Waals surface area (Å²) in [7, 11) is 1.69. The number of aromatic nitrogens is 1. The number of aromatic amines is 1. The summed E-state index contributed by atoms with van der Waals surface area (Å²) >= 11 is 0. The SMILES string of the molecule is COC1CCCc2ccc(=O)[nH]c21. The summed E-state index contributed by atoms with van der Waals surface area (Å²) in [6, 6.07) is 3.48. The Labute approximate surface area is 76.7 Å².